The topological polar surface area (TPSA) is 37.3 Å². The third-order valence-corrected chi connectivity index (χ3v) is 3.03. The predicted octanol–water partition coefficient (Wildman–Crippen LogP) is 4.01. The lowest BCUT2D eigenvalue weighted by molar-refractivity contribution is 0.104. The van der Waals surface area contributed by atoms with Gasteiger partial charge >= 0.3 is 0 Å². The van der Waals surface area contributed by atoms with Crippen LogP contribution in [-0.4, -0.2) is 10.9 Å². The van der Waals surface area contributed by atoms with E-state index in [4.69, 9.17) is 0 Å². The maximum Gasteiger partial charge on any atom is 0.199 e. The average Bonchev–Trinajstić information content (AvgIpc) is 2.41. The van der Waals surface area contributed by atoms with Gasteiger partial charge in [0.05, 0.1) is 4.48 Å². The van der Waals surface area contributed by atoms with Crippen LogP contribution in [0, 0.1) is 0 Å². The van der Waals surface area contributed by atoms with E-state index >= 15 is 0 Å². The maximum absolute atomic E-state index is 12.1. The van der Waals surface area contributed by atoms with Crippen LogP contribution in [-0.2, 0) is 0 Å². The second kappa shape index (κ2) is 5.65. The lowest BCUT2D eigenvalue weighted by Crippen LogP contribution is -1.97. The molecule has 0 saturated heterocycles. The van der Waals surface area contributed by atoms with Crippen molar-refractivity contribution in [2.45, 2.75) is 0 Å². The Balaban J connectivity index is 2.23. The van der Waals surface area contributed by atoms with Gasteiger partial charge < -0.3 is 5.11 Å². The van der Waals surface area contributed by atoms with Crippen LogP contribution in [0.2, 0.25) is 0 Å². The molecule has 3 heteroatoms. The largest absolute Gasteiger partial charge is 0.508 e. The van der Waals surface area contributed by atoms with Gasteiger partial charge in [-0.15, -0.1) is 0 Å². The lowest BCUT2D eigenvalue weighted by atomic mass is 10.1. The molecule has 2 nitrogen and oxygen atoms in total. The van der Waals surface area contributed by atoms with E-state index in [0.717, 1.165) is 5.56 Å². The van der Waals surface area contributed by atoms with E-state index in [9.17, 15) is 9.90 Å². The first kappa shape index (κ1) is 12.6. The summed E-state index contributed by atoms with van der Waals surface area (Å²) in [6.45, 7) is 0. The molecule has 0 spiro atoms. The second-order valence-electron chi connectivity index (χ2n) is 3.78. The average molecular weight is 303 g/mol. The van der Waals surface area contributed by atoms with Gasteiger partial charge in [-0.3, -0.25) is 4.79 Å². The zero-order valence-electron chi connectivity index (χ0n) is 9.51. The molecule has 0 unspecified atom stereocenters. The highest BCUT2D eigenvalue weighted by Crippen LogP contribution is 2.19. The van der Waals surface area contributed by atoms with Crippen molar-refractivity contribution in [3.63, 3.8) is 0 Å². The molecule has 90 valence electrons. The molecule has 1 N–H and O–H groups in total. The highest BCUT2D eigenvalue weighted by Gasteiger charge is 2.08. The number of benzene rings is 2. The Morgan fingerprint density at radius 3 is 2.22 bits per heavy atom. The zero-order valence-corrected chi connectivity index (χ0v) is 11.1. The lowest BCUT2D eigenvalue weighted by Gasteiger charge is -2.00. The van der Waals surface area contributed by atoms with Crippen molar-refractivity contribution in [3.8, 4) is 5.75 Å². The third-order valence-electron chi connectivity index (χ3n) is 2.44. The van der Waals surface area contributed by atoms with Gasteiger partial charge in [0.15, 0.2) is 5.78 Å². The minimum atomic E-state index is -0.0660. The van der Waals surface area contributed by atoms with Crippen molar-refractivity contribution in [1.82, 2.24) is 0 Å². The number of phenols is 1. The summed E-state index contributed by atoms with van der Waals surface area (Å²) in [6, 6.07) is 15.7. The van der Waals surface area contributed by atoms with Gasteiger partial charge in [-0.1, -0.05) is 42.5 Å². The number of Topliss-reactive ketones (excluding diaryl/α,β-unsaturated/α-hetero) is 1. The molecule has 0 aliphatic carbocycles. The van der Waals surface area contributed by atoms with E-state index in [1.54, 1.807) is 42.5 Å². The van der Waals surface area contributed by atoms with Crippen LogP contribution < -0.4 is 0 Å². The molecule has 0 aromatic heterocycles. The van der Waals surface area contributed by atoms with Gasteiger partial charge in [0.1, 0.15) is 5.75 Å². The summed E-state index contributed by atoms with van der Waals surface area (Å²) in [5.74, 6) is 0.140. The number of halogens is 1. The van der Waals surface area contributed by atoms with Crippen molar-refractivity contribution >= 4 is 27.8 Å². The number of rotatable bonds is 3. The van der Waals surface area contributed by atoms with E-state index in [1.807, 2.05) is 18.2 Å². The normalized spacial score (nSPS) is 11.3. The first-order valence-electron chi connectivity index (χ1n) is 5.43. The standard InChI is InChI=1S/C15H11BrO2/c16-14(10-11-6-8-13(17)9-7-11)15(18)12-4-2-1-3-5-12/h1-10,17H. The summed E-state index contributed by atoms with van der Waals surface area (Å²) in [6.07, 6.45) is 1.73. The second-order valence-corrected chi connectivity index (χ2v) is 4.63. The number of aromatic hydroxyl groups is 1. The SMILES string of the molecule is O=C(C(Br)=Cc1ccc(O)cc1)c1ccccc1. The molecule has 0 heterocycles. The van der Waals surface area contributed by atoms with Gasteiger partial charge in [-0.05, 0) is 39.7 Å². The molecule has 0 aliphatic rings. The van der Waals surface area contributed by atoms with Crippen LogP contribution in [0.1, 0.15) is 15.9 Å². The monoisotopic (exact) mass is 302 g/mol. The van der Waals surface area contributed by atoms with E-state index in [0.29, 0.717) is 10.0 Å². The third kappa shape index (κ3) is 3.08. The fraction of sp³-hybridized carbons (Fsp3) is 0. The number of hydrogen-bond donors (Lipinski definition) is 1. The van der Waals surface area contributed by atoms with Crippen molar-refractivity contribution in [2.75, 3.05) is 0 Å². The van der Waals surface area contributed by atoms with Crippen LogP contribution in [0.15, 0.2) is 59.1 Å². The Morgan fingerprint density at radius 2 is 1.61 bits per heavy atom. The predicted molar refractivity (Wildman–Crippen MR) is 75.8 cm³/mol. The smallest absolute Gasteiger partial charge is 0.199 e. The molecule has 0 aliphatic heterocycles. The van der Waals surface area contributed by atoms with Gasteiger partial charge in [-0.25, -0.2) is 0 Å². The van der Waals surface area contributed by atoms with Gasteiger partial charge in [0, 0.05) is 5.56 Å². The van der Waals surface area contributed by atoms with Crippen LogP contribution in [0.3, 0.4) is 0 Å². The minimum Gasteiger partial charge on any atom is -0.508 e. The Labute approximate surface area is 114 Å². The summed E-state index contributed by atoms with van der Waals surface area (Å²) in [5.41, 5.74) is 1.49. The molecule has 2 rings (SSSR count). The maximum atomic E-state index is 12.1. The number of carbonyl (C=O) groups is 1. The molecule has 0 radical (unpaired) electrons. The fourth-order valence-electron chi connectivity index (χ4n) is 1.51. The van der Waals surface area contributed by atoms with Gasteiger partial charge in [-0.2, -0.15) is 0 Å². The number of phenolic OH excluding ortho intramolecular Hbond substituents is 1. The molecule has 0 fully saturated rings. The van der Waals surface area contributed by atoms with E-state index in [1.165, 1.54) is 0 Å². The van der Waals surface area contributed by atoms with E-state index in [-0.39, 0.29) is 11.5 Å². The molecule has 0 bridgehead atoms. The first-order valence-corrected chi connectivity index (χ1v) is 6.22. The van der Waals surface area contributed by atoms with Crippen LogP contribution >= 0.6 is 15.9 Å². The molecule has 0 saturated carbocycles. The molecule has 0 atom stereocenters. The molecule has 2 aromatic rings. The van der Waals surface area contributed by atoms with Gasteiger partial charge in [0.25, 0.3) is 0 Å². The van der Waals surface area contributed by atoms with Crippen LogP contribution in [0.5, 0.6) is 5.75 Å². The van der Waals surface area contributed by atoms with Crippen molar-refractivity contribution in [3.05, 3.63) is 70.2 Å². The van der Waals surface area contributed by atoms with Crippen molar-refractivity contribution < 1.29 is 9.90 Å². The van der Waals surface area contributed by atoms with E-state index in [2.05, 4.69) is 15.9 Å². The van der Waals surface area contributed by atoms with Gasteiger partial charge in [0.2, 0.25) is 0 Å². The Bertz CT molecular complexity index is 571. The van der Waals surface area contributed by atoms with Crippen LogP contribution in [0.25, 0.3) is 6.08 Å². The van der Waals surface area contributed by atoms with E-state index < -0.39 is 0 Å². The number of carbonyl (C=O) groups excluding carboxylic acids is 1. The number of hydrogen-bond acceptors (Lipinski definition) is 2. The fourth-order valence-corrected chi connectivity index (χ4v) is 2.00. The zero-order chi connectivity index (χ0) is 13.0. The molecule has 2 aromatic carbocycles. The Hall–Kier alpha value is -1.87. The summed E-state index contributed by atoms with van der Waals surface area (Å²) < 4.78 is 0.486. The highest BCUT2D eigenvalue weighted by molar-refractivity contribution is 9.12. The van der Waals surface area contributed by atoms with Crippen molar-refractivity contribution in [2.24, 2.45) is 0 Å². The molecular weight excluding hydrogens is 292 g/mol. The van der Waals surface area contributed by atoms with Crippen molar-refractivity contribution in [1.29, 1.82) is 0 Å². The summed E-state index contributed by atoms with van der Waals surface area (Å²) in [5, 5.41) is 9.18. The first-order chi connectivity index (χ1) is 8.66. The molecular formula is C15H11BrO2. The molecule has 0 amide bonds. The highest BCUT2D eigenvalue weighted by atomic mass is 79.9. The Kier molecular flexibility index (Phi) is 3.95. The number of allylic oxidation sites excluding steroid dienone is 1. The molecule has 18 heavy (non-hydrogen) atoms. The minimum absolute atomic E-state index is 0.0660. The van der Waals surface area contributed by atoms with Crippen LogP contribution in [0.4, 0.5) is 0 Å². The Morgan fingerprint density at radius 1 is 1.00 bits per heavy atom. The number of ketones is 1. The summed E-state index contributed by atoms with van der Waals surface area (Å²) >= 11 is 3.28. The quantitative estimate of drug-likeness (QED) is 0.687. The summed E-state index contributed by atoms with van der Waals surface area (Å²) in [7, 11) is 0. The summed E-state index contributed by atoms with van der Waals surface area (Å²) in [4.78, 5) is 12.1.